The molecule has 2 aromatic rings. The van der Waals surface area contributed by atoms with Crippen molar-refractivity contribution in [3.8, 4) is 11.1 Å². The summed E-state index contributed by atoms with van der Waals surface area (Å²) in [6.45, 7) is 3.82. The van der Waals surface area contributed by atoms with Crippen LogP contribution in [0.15, 0.2) is 48.5 Å². The lowest BCUT2D eigenvalue weighted by Crippen LogP contribution is -2.51. The Hall–Kier alpha value is -3.35. The van der Waals surface area contributed by atoms with Crippen molar-refractivity contribution < 1.29 is 24.2 Å². The van der Waals surface area contributed by atoms with Crippen LogP contribution in [0.3, 0.4) is 0 Å². The topological polar surface area (TPSA) is 95.9 Å². The lowest BCUT2D eigenvalue weighted by molar-refractivity contribution is -0.151. The number of carbonyl (C=O) groups excluding carboxylic acids is 2. The molecule has 2 aliphatic carbocycles. The molecule has 0 spiro atoms. The van der Waals surface area contributed by atoms with Crippen molar-refractivity contribution in [3.05, 3.63) is 59.7 Å². The lowest BCUT2D eigenvalue weighted by atomic mass is 9.92. The number of aliphatic carboxylic acids is 1. The number of ether oxygens (including phenoxy) is 1. The highest BCUT2D eigenvalue weighted by Gasteiger charge is 2.37. The van der Waals surface area contributed by atoms with Crippen LogP contribution >= 0.6 is 0 Å². The van der Waals surface area contributed by atoms with Crippen LogP contribution in [0.2, 0.25) is 0 Å². The summed E-state index contributed by atoms with van der Waals surface area (Å²) in [5.74, 6) is -1.74. The number of carboxylic acid groups (broad SMARTS) is 1. The monoisotopic (exact) mass is 478 g/mol. The van der Waals surface area contributed by atoms with Crippen LogP contribution in [0.5, 0.6) is 0 Å². The average Bonchev–Trinajstić information content (AvgIpc) is 2.99. The van der Waals surface area contributed by atoms with Crippen molar-refractivity contribution >= 4 is 18.0 Å². The Morgan fingerprint density at radius 2 is 1.60 bits per heavy atom. The van der Waals surface area contributed by atoms with Gasteiger partial charge in [-0.15, -0.1) is 0 Å². The molecule has 1 fully saturated rings. The first-order chi connectivity index (χ1) is 16.9. The van der Waals surface area contributed by atoms with Crippen LogP contribution in [-0.4, -0.2) is 53.2 Å². The smallest absolute Gasteiger partial charge is 0.407 e. The molecule has 2 aromatic carbocycles. The number of hydrogen-bond donors (Lipinski definition) is 2. The number of nitrogens with one attached hydrogen (secondary N) is 1. The first kappa shape index (κ1) is 24.8. The summed E-state index contributed by atoms with van der Waals surface area (Å²) in [5, 5.41) is 12.4. The predicted octanol–water partition coefficient (Wildman–Crippen LogP) is 4.80. The van der Waals surface area contributed by atoms with Gasteiger partial charge in [0.05, 0.1) is 5.92 Å². The maximum atomic E-state index is 13.3. The fourth-order valence-electron chi connectivity index (χ4n) is 5.53. The van der Waals surface area contributed by atoms with Crippen LogP contribution < -0.4 is 5.32 Å². The third kappa shape index (κ3) is 5.19. The highest BCUT2D eigenvalue weighted by atomic mass is 16.5. The van der Waals surface area contributed by atoms with Crippen LogP contribution in [0.1, 0.15) is 63.0 Å². The molecule has 0 saturated heterocycles. The summed E-state index contributed by atoms with van der Waals surface area (Å²) in [4.78, 5) is 39.1. The molecule has 0 aromatic heterocycles. The Bertz CT molecular complexity index is 1040. The Balaban J connectivity index is 1.44. The van der Waals surface area contributed by atoms with E-state index in [1.807, 2.05) is 24.3 Å². The number of hydrogen-bond acceptors (Lipinski definition) is 4. The zero-order valence-electron chi connectivity index (χ0n) is 20.4. The average molecular weight is 479 g/mol. The van der Waals surface area contributed by atoms with E-state index in [9.17, 15) is 19.5 Å². The summed E-state index contributed by atoms with van der Waals surface area (Å²) in [6, 6.07) is 15.1. The van der Waals surface area contributed by atoms with E-state index in [1.165, 1.54) is 23.0 Å². The third-order valence-corrected chi connectivity index (χ3v) is 7.43. The molecule has 2 N–H and O–H groups in total. The van der Waals surface area contributed by atoms with Crippen molar-refractivity contribution in [2.24, 2.45) is 5.92 Å². The van der Waals surface area contributed by atoms with Gasteiger partial charge in [0.1, 0.15) is 12.6 Å². The van der Waals surface area contributed by atoms with Gasteiger partial charge < -0.3 is 20.1 Å². The summed E-state index contributed by atoms with van der Waals surface area (Å²) >= 11 is 0. The number of benzene rings is 2. The number of nitrogens with zero attached hydrogens (tertiary/aromatic N) is 1. The minimum absolute atomic E-state index is 0.0355. The number of carbonyl (C=O) groups is 3. The number of rotatable bonds is 7. The standard InChI is InChI=1S/C28H34N2O5/c1-3-30(18(2)27(32)33)26(31)23-15-5-4-6-16-25(23)29-28(34)35-17-24-21-13-9-7-11-19(21)20-12-8-10-14-22(20)24/h7-14,18,23-25H,3-6,15-17H2,1-2H3,(H,29,34)(H,32,33). The number of carboxylic acids is 1. The van der Waals surface area contributed by atoms with Crippen molar-refractivity contribution in [1.29, 1.82) is 0 Å². The zero-order valence-corrected chi connectivity index (χ0v) is 20.4. The molecular formula is C28H34N2O5. The number of alkyl carbamates (subject to hydrolysis) is 1. The van der Waals surface area contributed by atoms with Gasteiger partial charge in [-0.2, -0.15) is 0 Å². The van der Waals surface area contributed by atoms with Crippen LogP contribution in [0, 0.1) is 5.92 Å². The second-order valence-corrected chi connectivity index (χ2v) is 9.46. The van der Waals surface area contributed by atoms with Gasteiger partial charge in [0.25, 0.3) is 0 Å². The molecule has 0 aliphatic heterocycles. The first-order valence-corrected chi connectivity index (χ1v) is 12.6. The number of likely N-dealkylation sites (N-methyl/N-ethyl adjacent to an activating group) is 1. The van der Waals surface area contributed by atoms with Crippen molar-refractivity contribution in [1.82, 2.24) is 10.2 Å². The Labute approximate surface area is 206 Å². The quantitative estimate of drug-likeness (QED) is 0.558. The fourth-order valence-corrected chi connectivity index (χ4v) is 5.53. The Morgan fingerprint density at radius 3 is 2.20 bits per heavy atom. The molecule has 186 valence electrons. The van der Waals surface area contributed by atoms with E-state index >= 15 is 0 Å². The predicted molar refractivity (Wildman–Crippen MR) is 133 cm³/mol. The van der Waals surface area contributed by atoms with Crippen LogP contribution in [0.25, 0.3) is 11.1 Å². The second kappa shape index (κ2) is 10.9. The third-order valence-electron chi connectivity index (χ3n) is 7.43. The van der Waals surface area contributed by atoms with E-state index in [2.05, 4.69) is 29.6 Å². The molecule has 7 nitrogen and oxygen atoms in total. The normalized spacial score (nSPS) is 20.2. The van der Waals surface area contributed by atoms with Gasteiger partial charge in [-0.25, -0.2) is 9.59 Å². The molecule has 7 heteroatoms. The minimum atomic E-state index is -1.03. The Morgan fingerprint density at radius 1 is 1.00 bits per heavy atom. The SMILES string of the molecule is CCN(C(=O)C1CCCCCC1NC(=O)OCC1c2ccccc2-c2ccccc21)C(C)C(=O)O. The highest BCUT2D eigenvalue weighted by Crippen LogP contribution is 2.44. The summed E-state index contributed by atoms with van der Waals surface area (Å²) < 4.78 is 5.71. The fraction of sp³-hybridized carbons (Fsp3) is 0.464. The molecule has 4 rings (SSSR count). The summed E-state index contributed by atoms with van der Waals surface area (Å²) in [6.07, 6.45) is 3.51. The highest BCUT2D eigenvalue weighted by molar-refractivity contribution is 5.86. The van der Waals surface area contributed by atoms with Gasteiger partial charge in [0, 0.05) is 18.5 Å². The van der Waals surface area contributed by atoms with Gasteiger partial charge >= 0.3 is 12.1 Å². The molecular weight excluding hydrogens is 444 g/mol. The summed E-state index contributed by atoms with van der Waals surface area (Å²) in [5.41, 5.74) is 4.62. The molecule has 3 atom stereocenters. The maximum absolute atomic E-state index is 13.3. The molecule has 35 heavy (non-hydrogen) atoms. The molecule has 0 radical (unpaired) electrons. The maximum Gasteiger partial charge on any atom is 0.407 e. The van der Waals surface area contributed by atoms with Crippen LogP contribution in [0.4, 0.5) is 4.79 Å². The van der Waals surface area contributed by atoms with Gasteiger partial charge in [-0.3, -0.25) is 4.79 Å². The van der Waals surface area contributed by atoms with Gasteiger partial charge in [-0.05, 0) is 48.9 Å². The van der Waals surface area contributed by atoms with E-state index in [0.717, 1.165) is 30.4 Å². The van der Waals surface area contributed by atoms with Gasteiger partial charge in [0.2, 0.25) is 5.91 Å². The summed E-state index contributed by atoms with van der Waals surface area (Å²) in [7, 11) is 0. The van der Waals surface area contributed by atoms with E-state index in [0.29, 0.717) is 19.4 Å². The van der Waals surface area contributed by atoms with Crippen LogP contribution in [-0.2, 0) is 14.3 Å². The molecule has 0 bridgehead atoms. The lowest BCUT2D eigenvalue weighted by Gasteiger charge is -2.32. The molecule has 2 amide bonds. The van der Waals surface area contributed by atoms with Crippen molar-refractivity contribution in [3.63, 3.8) is 0 Å². The molecule has 1 saturated carbocycles. The van der Waals surface area contributed by atoms with Crippen molar-refractivity contribution in [2.75, 3.05) is 13.2 Å². The Kier molecular flexibility index (Phi) is 7.73. The van der Waals surface area contributed by atoms with E-state index in [-0.39, 0.29) is 24.5 Å². The minimum Gasteiger partial charge on any atom is -0.480 e. The van der Waals surface area contributed by atoms with Gasteiger partial charge in [0.15, 0.2) is 0 Å². The zero-order chi connectivity index (χ0) is 24.9. The van der Waals surface area contributed by atoms with E-state index < -0.39 is 24.0 Å². The second-order valence-electron chi connectivity index (χ2n) is 9.46. The number of fused-ring (bicyclic) bond motifs is 3. The van der Waals surface area contributed by atoms with E-state index in [4.69, 9.17) is 4.74 Å². The molecule has 2 aliphatic rings. The molecule has 0 heterocycles. The van der Waals surface area contributed by atoms with Crippen molar-refractivity contribution in [2.45, 2.75) is 64.0 Å². The number of amides is 2. The molecule has 3 unspecified atom stereocenters. The largest absolute Gasteiger partial charge is 0.480 e. The first-order valence-electron chi connectivity index (χ1n) is 12.6. The van der Waals surface area contributed by atoms with E-state index in [1.54, 1.807) is 6.92 Å². The van der Waals surface area contributed by atoms with Gasteiger partial charge in [-0.1, -0.05) is 67.8 Å².